The summed E-state index contributed by atoms with van der Waals surface area (Å²) in [4.78, 5) is 27.9. The minimum absolute atomic E-state index is 0.0289. The normalized spacial score (nSPS) is 29.7. The van der Waals surface area contributed by atoms with E-state index in [0.29, 0.717) is 11.4 Å². The number of nitrogens with one attached hydrogen (secondary N) is 1. The van der Waals surface area contributed by atoms with Gasteiger partial charge in [0.05, 0.1) is 5.41 Å². The topological polar surface area (TPSA) is 78.9 Å². The van der Waals surface area contributed by atoms with Crippen molar-refractivity contribution in [2.75, 3.05) is 18.9 Å². The molecule has 162 valence electrons. The average Bonchev–Trinajstić information content (AvgIpc) is 3.14. The van der Waals surface area contributed by atoms with Gasteiger partial charge >= 0.3 is 0 Å². The van der Waals surface area contributed by atoms with Crippen LogP contribution in [-0.4, -0.2) is 47.4 Å². The van der Waals surface area contributed by atoms with Gasteiger partial charge in [0.15, 0.2) is 23.4 Å². The number of carbonyl (C=O) groups excluding carboxylic acids is 2. The van der Waals surface area contributed by atoms with E-state index in [1.54, 1.807) is 18.2 Å². The summed E-state index contributed by atoms with van der Waals surface area (Å²) in [5, 5.41) is 13.8. The van der Waals surface area contributed by atoms with Crippen molar-refractivity contribution in [2.24, 2.45) is 5.92 Å². The van der Waals surface area contributed by atoms with Gasteiger partial charge in [-0.25, -0.2) is 0 Å². The molecule has 6 heteroatoms. The van der Waals surface area contributed by atoms with E-state index in [1.807, 2.05) is 36.4 Å². The Balaban J connectivity index is 1.43. The number of phenolic OH excluding ortho intramolecular Hbond substituents is 1. The molecule has 2 bridgehead atoms. The first-order valence-electron chi connectivity index (χ1n) is 11.0. The Morgan fingerprint density at radius 1 is 1.31 bits per heavy atom. The highest BCUT2D eigenvalue weighted by atomic mass is 16.5. The van der Waals surface area contributed by atoms with Crippen LogP contribution in [0.1, 0.15) is 23.1 Å². The fourth-order valence-electron chi connectivity index (χ4n) is 6.19. The highest BCUT2D eigenvalue weighted by Crippen LogP contribution is 2.63. The van der Waals surface area contributed by atoms with E-state index in [2.05, 4.69) is 17.3 Å². The zero-order valence-corrected chi connectivity index (χ0v) is 17.7. The number of rotatable bonds is 3. The fourth-order valence-corrected chi connectivity index (χ4v) is 6.19. The summed E-state index contributed by atoms with van der Waals surface area (Å²) >= 11 is 0. The Morgan fingerprint density at radius 2 is 2.12 bits per heavy atom. The number of likely N-dealkylation sites (N-methyl/N-ethyl adjacent to an activating group) is 1. The van der Waals surface area contributed by atoms with Gasteiger partial charge in [-0.15, -0.1) is 0 Å². The van der Waals surface area contributed by atoms with E-state index < -0.39 is 11.5 Å². The van der Waals surface area contributed by atoms with Crippen LogP contribution >= 0.6 is 0 Å². The predicted octanol–water partition coefficient (Wildman–Crippen LogP) is 3.06. The SMILES string of the molecule is CN1CC[C@]23c4c5c(NC(=O)C=Cc6ccccc6)cc(O)c4O[C@H]2C(=O)C=C[C@H]3[C@H]1C5. The van der Waals surface area contributed by atoms with Gasteiger partial charge in [-0.05, 0) is 49.7 Å². The Hall–Kier alpha value is -3.38. The number of piperidine rings is 1. The molecule has 2 aliphatic carbocycles. The van der Waals surface area contributed by atoms with Gasteiger partial charge in [-0.3, -0.25) is 9.59 Å². The van der Waals surface area contributed by atoms with Crippen LogP contribution < -0.4 is 10.1 Å². The second-order valence-corrected chi connectivity index (χ2v) is 9.19. The third kappa shape index (κ3) is 2.56. The lowest BCUT2D eigenvalue weighted by molar-refractivity contribution is -0.127. The number of aromatic hydroxyl groups is 1. The molecular weight excluding hydrogens is 404 g/mol. The summed E-state index contributed by atoms with van der Waals surface area (Å²) in [5.41, 5.74) is 2.93. The quantitative estimate of drug-likeness (QED) is 0.735. The molecule has 4 aliphatic rings. The fraction of sp³-hybridized carbons (Fsp3) is 0.308. The van der Waals surface area contributed by atoms with Gasteiger partial charge in [-0.2, -0.15) is 0 Å². The molecule has 2 aromatic carbocycles. The summed E-state index contributed by atoms with van der Waals surface area (Å²) in [6.07, 6.45) is 7.81. The predicted molar refractivity (Wildman–Crippen MR) is 121 cm³/mol. The molecule has 2 aliphatic heterocycles. The summed E-state index contributed by atoms with van der Waals surface area (Å²) in [6.45, 7) is 0.859. The number of carbonyl (C=O) groups is 2. The van der Waals surface area contributed by atoms with E-state index in [0.717, 1.165) is 36.1 Å². The van der Waals surface area contributed by atoms with Crippen LogP contribution in [0.2, 0.25) is 0 Å². The number of likely N-dealkylation sites (tertiary alicyclic amines) is 1. The van der Waals surface area contributed by atoms with Gasteiger partial charge in [0.1, 0.15) is 0 Å². The Labute approximate surface area is 186 Å². The first-order chi connectivity index (χ1) is 15.5. The second-order valence-electron chi connectivity index (χ2n) is 9.19. The zero-order valence-electron chi connectivity index (χ0n) is 17.7. The molecule has 1 saturated heterocycles. The second kappa shape index (κ2) is 6.81. The van der Waals surface area contributed by atoms with Crippen molar-refractivity contribution in [1.29, 1.82) is 0 Å². The van der Waals surface area contributed by atoms with Crippen molar-refractivity contribution in [3.63, 3.8) is 0 Å². The van der Waals surface area contributed by atoms with Crippen LogP contribution in [0.3, 0.4) is 0 Å². The number of ether oxygens (including phenoxy) is 1. The lowest BCUT2D eigenvalue weighted by Crippen LogP contribution is -2.64. The summed E-state index contributed by atoms with van der Waals surface area (Å²) in [6, 6.07) is 11.4. The molecule has 0 saturated carbocycles. The third-order valence-corrected chi connectivity index (χ3v) is 7.61. The number of anilines is 1. The number of benzene rings is 2. The highest BCUT2D eigenvalue weighted by molar-refractivity contribution is 6.03. The summed E-state index contributed by atoms with van der Waals surface area (Å²) < 4.78 is 6.13. The molecule has 2 heterocycles. The molecule has 2 N–H and O–H groups in total. The summed E-state index contributed by atoms with van der Waals surface area (Å²) in [7, 11) is 2.11. The van der Waals surface area contributed by atoms with Gasteiger partial charge in [-0.1, -0.05) is 36.4 Å². The Morgan fingerprint density at radius 3 is 2.94 bits per heavy atom. The molecule has 2 aromatic rings. The monoisotopic (exact) mass is 428 g/mol. The maximum absolute atomic E-state index is 12.8. The molecule has 0 unspecified atom stereocenters. The molecule has 6 rings (SSSR count). The summed E-state index contributed by atoms with van der Waals surface area (Å²) in [5.74, 6) is 0.203. The van der Waals surface area contributed by atoms with Gasteiger partial charge in [0.2, 0.25) is 5.91 Å². The highest BCUT2D eigenvalue weighted by Gasteiger charge is 2.64. The lowest BCUT2D eigenvalue weighted by Gasteiger charge is -2.55. The first-order valence-corrected chi connectivity index (χ1v) is 11.0. The molecule has 0 radical (unpaired) electrons. The van der Waals surface area contributed by atoms with Crippen molar-refractivity contribution in [2.45, 2.75) is 30.4 Å². The third-order valence-electron chi connectivity index (χ3n) is 7.61. The van der Waals surface area contributed by atoms with Crippen molar-refractivity contribution in [1.82, 2.24) is 4.90 Å². The number of phenols is 1. The molecule has 0 aromatic heterocycles. The van der Waals surface area contributed by atoms with E-state index >= 15 is 0 Å². The molecule has 1 amide bonds. The standard InChI is InChI=1S/C26H24N2O4/c1-28-12-11-26-17-8-9-20(29)25(26)32-24-21(30)14-18(16(23(24)26)13-19(17)28)27-22(31)10-7-15-5-3-2-4-6-15/h2-10,14,17,19,25,30H,11-13H2,1H3,(H,27,31)/t17-,19+,25-,26-/m0/s1. The largest absolute Gasteiger partial charge is 0.504 e. The minimum atomic E-state index is -0.613. The smallest absolute Gasteiger partial charge is 0.248 e. The Bertz CT molecular complexity index is 1200. The molecule has 4 atom stereocenters. The lowest BCUT2D eigenvalue weighted by atomic mass is 9.53. The van der Waals surface area contributed by atoms with Gasteiger partial charge < -0.3 is 20.1 Å². The molecule has 6 nitrogen and oxygen atoms in total. The molecular formula is C26H24N2O4. The van der Waals surface area contributed by atoms with Crippen molar-refractivity contribution in [3.05, 3.63) is 71.3 Å². The van der Waals surface area contributed by atoms with E-state index in [-0.39, 0.29) is 29.4 Å². The molecule has 32 heavy (non-hydrogen) atoms. The average molecular weight is 428 g/mol. The van der Waals surface area contributed by atoms with Crippen molar-refractivity contribution in [3.8, 4) is 11.5 Å². The number of hydrogen-bond donors (Lipinski definition) is 2. The van der Waals surface area contributed by atoms with Crippen LogP contribution in [0.4, 0.5) is 5.69 Å². The number of nitrogens with zero attached hydrogens (tertiary/aromatic N) is 1. The van der Waals surface area contributed by atoms with Crippen LogP contribution in [0.5, 0.6) is 11.5 Å². The van der Waals surface area contributed by atoms with E-state index in [4.69, 9.17) is 4.74 Å². The zero-order chi connectivity index (χ0) is 22.0. The van der Waals surface area contributed by atoms with Gasteiger partial charge in [0.25, 0.3) is 0 Å². The Kier molecular flexibility index (Phi) is 4.11. The minimum Gasteiger partial charge on any atom is -0.504 e. The molecule has 1 spiro atoms. The van der Waals surface area contributed by atoms with Crippen LogP contribution in [0.25, 0.3) is 6.08 Å². The molecule has 1 fully saturated rings. The maximum Gasteiger partial charge on any atom is 0.248 e. The van der Waals surface area contributed by atoms with Crippen LogP contribution in [0, 0.1) is 5.92 Å². The van der Waals surface area contributed by atoms with E-state index in [9.17, 15) is 14.7 Å². The van der Waals surface area contributed by atoms with E-state index in [1.165, 1.54) is 6.08 Å². The number of hydrogen-bond acceptors (Lipinski definition) is 5. The van der Waals surface area contributed by atoms with Crippen molar-refractivity contribution < 1.29 is 19.4 Å². The first kappa shape index (κ1) is 19.3. The number of ketones is 1. The van der Waals surface area contributed by atoms with Crippen LogP contribution in [0.15, 0.2) is 54.6 Å². The van der Waals surface area contributed by atoms with Crippen LogP contribution in [-0.2, 0) is 21.4 Å². The van der Waals surface area contributed by atoms with Crippen molar-refractivity contribution >= 4 is 23.5 Å². The maximum atomic E-state index is 12.8. The number of amides is 1. The van der Waals surface area contributed by atoms with Gasteiger partial charge in [0, 0.05) is 35.4 Å².